The van der Waals surface area contributed by atoms with Gasteiger partial charge in [0.15, 0.2) is 0 Å². The Kier molecular flexibility index (Phi) is 8.99. The Bertz CT molecular complexity index is 202. The standard InChI is InChI=1S/C13H24N2.Y/c1-5-8-15-11-13(9-12(15)4)10-14(6-2)7-3;/h13H,2-11H2,1H3;/q-2;. The Morgan fingerprint density at radius 3 is 2.56 bits per heavy atom. The molecule has 1 unspecified atom stereocenters. The topological polar surface area (TPSA) is 6.48 Å². The van der Waals surface area contributed by atoms with Crippen LogP contribution in [0, 0.1) is 19.8 Å². The van der Waals surface area contributed by atoms with Crippen molar-refractivity contribution < 1.29 is 32.7 Å². The average Bonchev–Trinajstić information content (AvgIpc) is 2.57. The molecule has 0 aromatic carbocycles. The SMILES string of the molecule is C=C1CC(CN(C[CH2-])C[CH2-])CN1CCC.[Y]. The molecule has 1 heterocycles. The molecule has 3 heteroatoms. The van der Waals surface area contributed by atoms with Crippen molar-refractivity contribution in [2.24, 2.45) is 5.92 Å². The zero-order valence-electron chi connectivity index (χ0n) is 10.6. The summed E-state index contributed by atoms with van der Waals surface area (Å²) in [6.07, 6.45) is 2.36. The molecule has 0 aromatic heterocycles. The molecule has 1 radical (unpaired) electrons. The molecule has 1 aliphatic rings. The predicted molar refractivity (Wildman–Crippen MR) is 66.3 cm³/mol. The Morgan fingerprint density at radius 1 is 1.44 bits per heavy atom. The number of nitrogens with zero attached hydrogens (tertiary/aromatic N) is 2. The molecular formula is C13H24N2Y-2. The van der Waals surface area contributed by atoms with Crippen LogP contribution in [0.3, 0.4) is 0 Å². The molecule has 0 aromatic rings. The normalized spacial score (nSPS) is 20.4. The van der Waals surface area contributed by atoms with Gasteiger partial charge < -0.3 is 23.6 Å². The summed E-state index contributed by atoms with van der Waals surface area (Å²) in [4.78, 5) is 4.72. The monoisotopic (exact) mass is 297 g/mol. The largest absolute Gasteiger partial charge is 0.375 e. The van der Waals surface area contributed by atoms with Crippen molar-refractivity contribution in [1.29, 1.82) is 0 Å². The number of allylic oxidation sites excluding steroid dienone is 1. The van der Waals surface area contributed by atoms with E-state index in [0.29, 0.717) is 0 Å². The van der Waals surface area contributed by atoms with Crippen molar-refractivity contribution in [1.82, 2.24) is 9.80 Å². The molecule has 1 rings (SSSR count). The third-order valence-electron chi connectivity index (χ3n) is 3.09. The van der Waals surface area contributed by atoms with Gasteiger partial charge in [0.2, 0.25) is 0 Å². The van der Waals surface area contributed by atoms with Crippen LogP contribution < -0.4 is 0 Å². The van der Waals surface area contributed by atoms with E-state index in [1.165, 1.54) is 18.7 Å². The van der Waals surface area contributed by atoms with Gasteiger partial charge in [-0.1, -0.05) is 13.5 Å². The first-order valence-corrected chi connectivity index (χ1v) is 5.94. The van der Waals surface area contributed by atoms with Gasteiger partial charge in [0, 0.05) is 51.5 Å². The van der Waals surface area contributed by atoms with Crippen LogP contribution in [0.15, 0.2) is 12.3 Å². The smallest absolute Gasteiger partial charge is 0.0219 e. The number of hydrogen-bond donors (Lipinski definition) is 0. The van der Waals surface area contributed by atoms with Crippen molar-refractivity contribution >= 4 is 0 Å². The molecule has 1 aliphatic heterocycles. The van der Waals surface area contributed by atoms with Crippen LogP contribution in [-0.2, 0) is 32.7 Å². The van der Waals surface area contributed by atoms with Gasteiger partial charge in [0.05, 0.1) is 0 Å². The fourth-order valence-corrected chi connectivity index (χ4v) is 2.27. The quantitative estimate of drug-likeness (QED) is 0.694. The summed E-state index contributed by atoms with van der Waals surface area (Å²) in [6.45, 7) is 19.4. The molecule has 0 spiro atoms. The fraction of sp³-hybridized carbons (Fsp3) is 0.692. The van der Waals surface area contributed by atoms with E-state index < -0.39 is 0 Å². The molecule has 0 aliphatic carbocycles. The summed E-state index contributed by atoms with van der Waals surface area (Å²) in [5.74, 6) is 0.729. The van der Waals surface area contributed by atoms with Gasteiger partial charge in [-0.25, -0.2) is 0 Å². The molecule has 1 atom stereocenters. The molecule has 91 valence electrons. The first kappa shape index (κ1) is 16.6. The van der Waals surface area contributed by atoms with E-state index in [9.17, 15) is 0 Å². The van der Waals surface area contributed by atoms with Gasteiger partial charge in [0.25, 0.3) is 0 Å². The second-order valence-corrected chi connectivity index (χ2v) is 4.38. The van der Waals surface area contributed by atoms with E-state index in [1.807, 2.05) is 0 Å². The van der Waals surface area contributed by atoms with Crippen LogP contribution in [0.5, 0.6) is 0 Å². The third-order valence-corrected chi connectivity index (χ3v) is 3.09. The molecule has 0 bridgehead atoms. The first-order chi connectivity index (χ1) is 7.21. The second kappa shape index (κ2) is 8.66. The van der Waals surface area contributed by atoms with E-state index in [2.05, 4.69) is 37.1 Å². The van der Waals surface area contributed by atoms with Gasteiger partial charge in [-0.05, 0) is 25.3 Å². The van der Waals surface area contributed by atoms with Crippen LogP contribution >= 0.6 is 0 Å². The van der Waals surface area contributed by atoms with Gasteiger partial charge in [-0.3, -0.25) is 0 Å². The van der Waals surface area contributed by atoms with Crippen LogP contribution in [0.1, 0.15) is 19.8 Å². The van der Waals surface area contributed by atoms with Crippen LogP contribution in [0.4, 0.5) is 0 Å². The van der Waals surface area contributed by atoms with E-state index in [-0.39, 0.29) is 32.7 Å². The maximum Gasteiger partial charge on any atom is 0.0219 e. The zero-order valence-corrected chi connectivity index (χ0v) is 13.5. The third kappa shape index (κ3) is 4.85. The van der Waals surface area contributed by atoms with E-state index in [0.717, 1.165) is 38.5 Å². The molecule has 1 saturated heterocycles. The van der Waals surface area contributed by atoms with Gasteiger partial charge in [0.1, 0.15) is 0 Å². The van der Waals surface area contributed by atoms with Crippen molar-refractivity contribution in [3.05, 3.63) is 26.1 Å². The number of hydrogen-bond acceptors (Lipinski definition) is 2. The van der Waals surface area contributed by atoms with Crippen LogP contribution in [-0.4, -0.2) is 42.5 Å². The molecule has 0 saturated carbocycles. The first-order valence-electron chi connectivity index (χ1n) is 5.94. The summed E-state index contributed by atoms with van der Waals surface area (Å²) in [6, 6.07) is 0. The zero-order chi connectivity index (χ0) is 11.3. The Hall–Kier alpha value is 0.604. The Balaban J connectivity index is 0.00000225. The minimum Gasteiger partial charge on any atom is -0.375 e. The minimum atomic E-state index is 0. The van der Waals surface area contributed by atoms with E-state index in [1.54, 1.807) is 0 Å². The molecule has 2 nitrogen and oxygen atoms in total. The van der Waals surface area contributed by atoms with Crippen LogP contribution in [0.2, 0.25) is 0 Å². The van der Waals surface area contributed by atoms with Crippen molar-refractivity contribution in [3.63, 3.8) is 0 Å². The van der Waals surface area contributed by atoms with Crippen LogP contribution in [0.25, 0.3) is 0 Å². The molecule has 0 amide bonds. The number of likely N-dealkylation sites (tertiary alicyclic amines) is 1. The Morgan fingerprint density at radius 2 is 2.06 bits per heavy atom. The second-order valence-electron chi connectivity index (χ2n) is 4.38. The molecule has 16 heavy (non-hydrogen) atoms. The maximum absolute atomic E-state index is 4.14. The Labute approximate surface area is 126 Å². The summed E-state index contributed by atoms with van der Waals surface area (Å²) < 4.78 is 0. The fourth-order valence-electron chi connectivity index (χ4n) is 2.27. The summed E-state index contributed by atoms with van der Waals surface area (Å²) in [5.41, 5.74) is 1.31. The summed E-state index contributed by atoms with van der Waals surface area (Å²) in [5, 5.41) is 0. The van der Waals surface area contributed by atoms with Crippen molar-refractivity contribution in [3.8, 4) is 0 Å². The summed E-state index contributed by atoms with van der Waals surface area (Å²) >= 11 is 0. The van der Waals surface area contributed by atoms with Crippen molar-refractivity contribution in [2.45, 2.75) is 19.8 Å². The van der Waals surface area contributed by atoms with Gasteiger partial charge in [-0.15, -0.1) is 13.1 Å². The minimum absolute atomic E-state index is 0. The molecule has 0 N–H and O–H groups in total. The molecular weight excluding hydrogens is 273 g/mol. The van der Waals surface area contributed by atoms with Gasteiger partial charge >= 0.3 is 0 Å². The predicted octanol–water partition coefficient (Wildman–Crippen LogP) is 2.20. The average molecular weight is 297 g/mol. The van der Waals surface area contributed by atoms with E-state index in [4.69, 9.17) is 0 Å². The van der Waals surface area contributed by atoms with E-state index >= 15 is 0 Å². The summed E-state index contributed by atoms with van der Waals surface area (Å²) in [7, 11) is 0. The maximum atomic E-state index is 4.14. The number of rotatable bonds is 6. The molecule has 1 fully saturated rings. The van der Waals surface area contributed by atoms with Gasteiger partial charge in [-0.2, -0.15) is 0 Å². The van der Waals surface area contributed by atoms with Crippen molar-refractivity contribution in [2.75, 3.05) is 32.7 Å².